The van der Waals surface area contributed by atoms with Crippen LogP contribution in [0.4, 0.5) is 11.5 Å². The molecule has 3 heterocycles. The second-order valence-electron chi connectivity index (χ2n) is 8.52. The highest BCUT2D eigenvalue weighted by Crippen LogP contribution is 2.28. The molecule has 2 aromatic heterocycles. The van der Waals surface area contributed by atoms with Crippen LogP contribution < -0.4 is 10.2 Å². The molecule has 0 saturated carbocycles. The van der Waals surface area contributed by atoms with Crippen LogP contribution in [0.25, 0.3) is 21.9 Å². The van der Waals surface area contributed by atoms with E-state index in [0.29, 0.717) is 0 Å². The number of anilines is 2. The lowest BCUT2D eigenvalue weighted by atomic mass is 10.1. The fraction of sp³-hybridized carbons (Fsp3) is 0.400. The Hall–Kier alpha value is -2.93. The first-order valence-corrected chi connectivity index (χ1v) is 12.1. The first-order valence-electron chi connectivity index (χ1n) is 11.7. The van der Waals surface area contributed by atoms with Crippen LogP contribution in [0.15, 0.2) is 42.7 Å². The Morgan fingerprint density at radius 2 is 1.81 bits per heavy atom. The molecule has 2 N–H and O–H groups in total. The average molecular weight is 447 g/mol. The molecule has 4 aromatic rings. The van der Waals surface area contributed by atoms with Gasteiger partial charge in [-0.3, -0.25) is 0 Å². The quantitative estimate of drug-likeness (QED) is 0.366. The molecule has 0 spiro atoms. The summed E-state index contributed by atoms with van der Waals surface area (Å²) in [6.45, 7) is 5.93. The number of nitrogens with zero attached hydrogens (tertiary/aromatic N) is 4. The van der Waals surface area contributed by atoms with E-state index in [4.69, 9.17) is 12.2 Å². The molecule has 1 fully saturated rings. The van der Waals surface area contributed by atoms with Gasteiger partial charge >= 0.3 is 0 Å². The number of hydrogen-bond donors (Lipinski definition) is 2. The summed E-state index contributed by atoms with van der Waals surface area (Å²) in [7, 11) is 0. The van der Waals surface area contributed by atoms with Gasteiger partial charge < -0.3 is 19.8 Å². The number of aromatic nitrogens is 4. The average Bonchev–Trinajstić information content (AvgIpc) is 3.10. The number of nitrogens with one attached hydrogen (secondary N) is 2. The highest BCUT2D eigenvalue weighted by atomic mass is 32.1. The molecule has 6 nitrogen and oxygen atoms in total. The van der Waals surface area contributed by atoms with E-state index in [1.54, 1.807) is 6.33 Å². The summed E-state index contributed by atoms with van der Waals surface area (Å²) >= 11 is 5.48. The number of hydrogen-bond acceptors (Lipinski definition) is 5. The number of aryl methyl sites for hydroxylation is 1. The molecule has 32 heavy (non-hydrogen) atoms. The Bertz CT molecular complexity index is 1280. The van der Waals surface area contributed by atoms with E-state index in [1.165, 1.54) is 43.4 Å². The van der Waals surface area contributed by atoms with Gasteiger partial charge in [-0.2, -0.15) is 0 Å². The van der Waals surface area contributed by atoms with Crippen molar-refractivity contribution in [2.45, 2.75) is 52.1 Å². The zero-order valence-electron chi connectivity index (χ0n) is 18.6. The molecule has 0 radical (unpaired) electrons. The number of aromatic amines is 1. The minimum Gasteiger partial charge on any atom is -0.371 e. The van der Waals surface area contributed by atoms with Crippen molar-refractivity contribution in [2.24, 2.45) is 0 Å². The van der Waals surface area contributed by atoms with E-state index in [2.05, 4.69) is 73.1 Å². The van der Waals surface area contributed by atoms with Crippen molar-refractivity contribution in [3.8, 4) is 0 Å². The molecule has 0 amide bonds. The van der Waals surface area contributed by atoms with Crippen LogP contribution in [0.2, 0.25) is 0 Å². The molecule has 166 valence electrons. The molecule has 0 bridgehead atoms. The van der Waals surface area contributed by atoms with E-state index in [9.17, 15) is 0 Å². The van der Waals surface area contributed by atoms with Gasteiger partial charge in [-0.15, -0.1) is 0 Å². The highest BCUT2D eigenvalue weighted by molar-refractivity contribution is 7.71. The van der Waals surface area contributed by atoms with E-state index in [-0.39, 0.29) is 0 Å². The smallest absolute Gasteiger partial charge is 0.178 e. The van der Waals surface area contributed by atoms with Crippen molar-refractivity contribution >= 4 is 45.7 Å². The lowest BCUT2D eigenvalue weighted by molar-refractivity contribution is 0.556. The fourth-order valence-corrected chi connectivity index (χ4v) is 5.14. The molecule has 0 aliphatic carbocycles. The molecule has 0 atom stereocenters. The number of benzene rings is 2. The summed E-state index contributed by atoms with van der Waals surface area (Å²) in [4.78, 5) is 15.0. The number of imidazole rings is 1. The van der Waals surface area contributed by atoms with Gasteiger partial charge in [0.1, 0.15) is 12.1 Å². The number of fused-ring (bicyclic) bond motifs is 2. The van der Waals surface area contributed by atoms with E-state index < -0.39 is 0 Å². The summed E-state index contributed by atoms with van der Waals surface area (Å²) in [5.74, 6) is 0.850. The van der Waals surface area contributed by atoms with E-state index in [0.717, 1.165) is 58.7 Å². The van der Waals surface area contributed by atoms with Crippen LogP contribution in [0, 0.1) is 4.77 Å². The van der Waals surface area contributed by atoms with E-state index in [1.807, 2.05) is 0 Å². The standard InChI is InChI=1S/C25H30N6S/c1-2-31-23-15-20-19(14-21(23)29-25(31)32)24(28-17-27-20)26-16-18-10-6-7-11-22(18)30-12-8-4-3-5-9-13-30/h6-7,10-11,14-15,17H,2-5,8-9,12-13,16H2,1H3,(H,29,32)(H,26,27,28). The molecule has 1 saturated heterocycles. The molecule has 1 aliphatic heterocycles. The van der Waals surface area contributed by atoms with Crippen LogP contribution in [-0.2, 0) is 13.1 Å². The largest absolute Gasteiger partial charge is 0.371 e. The maximum Gasteiger partial charge on any atom is 0.178 e. The Labute approximate surface area is 193 Å². The molecular formula is C25H30N6S. The topological polar surface area (TPSA) is 61.8 Å². The van der Waals surface area contributed by atoms with Crippen molar-refractivity contribution in [3.63, 3.8) is 0 Å². The van der Waals surface area contributed by atoms with Gasteiger partial charge in [0.05, 0.1) is 16.6 Å². The predicted octanol–water partition coefficient (Wildman–Crippen LogP) is 6.04. The third-order valence-electron chi connectivity index (χ3n) is 6.48. The third-order valence-corrected chi connectivity index (χ3v) is 6.80. The van der Waals surface area contributed by atoms with Gasteiger partial charge in [-0.1, -0.05) is 37.5 Å². The predicted molar refractivity (Wildman–Crippen MR) is 135 cm³/mol. The molecule has 7 heteroatoms. The van der Waals surface area contributed by atoms with Crippen molar-refractivity contribution in [1.82, 2.24) is 19.5 Å². The first kappa shape index (κ1) is 20.9. The second-order valence-corrected chi connectivity index (χ2v) is 8.91. The van der Waals surface area contributed by atoms with Gasteiger partial charge in [0.2, 0.25) is 0 Å². The Morgan fingerprint density at radius 1 is 1.03 bits per heavy atom. The van der Waals surface area contributed by atoms with Gasteiger partial charge in [-0.25, -0.2) is 9.97 Å². The zero-order valence-corrected chi connectivity index (χ0v) is 19.4. The SMILES string of the molecule is CCn1c(=S)[nH]c2cc3c(NCc4ccccc4N4CCCCCCC4)ncnc3cc21. The van der Waals surface area contributed by atoms with Crippen molar-refractivity contribution < 1.29 is 0 Å². The van der Waals surface area contributed by atoms with Gasteiger partial charge in [0, 0.05) is 37.3 Å². The number of para-hydroxylation sites is 1. The summed E-state index contributed by atoms with van der Waals surface area (Å²) in [5.41, 5.74) is 5.66. The third kappa shape index (κ3) is 4.09. The Kier molecular flexibility index (Phi) is 6.08. The second kappa shape index (κ2) is 9.28. The van der Waals surface area contributed by atoms with Crippen LogP contribution in [-0.4, -0.2) is 32.6 Å². The number of rotatable bonds is 5. The fourth-order valence-electron chi connectivity index (χ4n) is 4.80. The highest BCUT2D eigenvalue weighted by Gasteiger charge is 2.14. The van der Waals surface area contributed by atoms with Crippen LogP contribution in [0.5, 0.6) is 0 Å². The van der Waals surface area contributed by atoms with Gasteiger partial charge in [0.25, 0.3) is 0 Å². The molecular weight excluding hydrogens is 416 g/mol. The van der Waals surface area contributed by atoms with Crippen LogP contribution >= 0.6 is 12.2 Å². The molecule has 5 rings (SSSR count). The zero-order chi connectivity index (χ0) is 21.9. The maximum absolute atomic E-state index is 5.48. The van der Waals surface area contributed by atoms with Crippen molar-refractivity contribution in [2.75, 3.05) is 23.3 Å². The van der Waals surface area contributed by atoms with Gasteiger partial charge in [-0.05, 0) is 55.7 Å². The van der Waals surface area contributed by atoms with E-state index >= 15 is 0 Å². The van der Waals surface area contributed by atoms with Crippen LogP contribution in [0.1, 0.15) is 44.6 Å². The summed E-state index contributed by atoms with van der Waals surface area (Å²) < 4.78 is 2.83. The molecule has 2 aromatic carbocycles. The minimum absolute atomic E-state index is 0.725. The van der Waals surface area contributed by atoms with Crippen molar-refractivity contribution in [1.29, 1.82) is 0 Å². The summed E-state index contributed by atoms with van der Waals surface area (Å²) in [6.07, 6.45) is 8.22. The lowest BCUT2D eigenvalue weighted by Gasteiger charge is -2.29. The monoisotopic (exact) mass is 446 g/mol. The molecule has 1 aliphatic rings. The van der Waals surface area contributed by atoms with Crippen molar-refractivity contribution in [3.05, 3.63) is 53.1 Å². The number of H-pyrrole nitrogens is 1. The Balaban J connectivity index is 1.44. The van der Waals surface area contributed by atoms with Gasteiger partial charge in [0.15, 0.2) is 4.77 Å². The maximum atomic E-state index is 5.48. The molecule has 0 unspecified atom stereocenters. The summed E-state index contributed by atoms with van der Waals surface area (Å²) in [5, 5.41) is 4.59. The minimum atomic E-state index is 0.725. The summed E-state index contributed by atoms with van der Waals surface area (Å²) in [6, 6.07) is 13.0. The Morgan fingerprint density at radius 3 is 2.62 bits per heavy atom. The first-order chi connectivity index (χ1) is 15.7. The normalized spacial score (nSPS) is 15.1. The van der Waals surface area contributed by atoms with Crippen LogP contribution in [0.3, 0.4) is 0 Å². The lowest BCUT2D eigenvalue weighted by Crippen LogP contribution is -2.28.